The third-order valence-electron chi connectivity index (χ3n) is 7.32. The maximum absolute atomic E-state index is 13.8. The summed E-state index contributed by atoms with van der Waals surface area (Å²) in [6.45, 7) is 3.76. The Morgan fingerprint density at radius 1 is 1.12 bits per heavy atom. The van der Waals surface area contributed by atoms with Gasteiger partial charge in [0, 0.05) is 49.1 Å². The number of hydrogen-bond donors (Lipinski definition) is 0. The van der Waals surface area contributed by atoms with E-state index in [9.17, 15) is 4.79 Å². The van der Waals surface area contributed by atoms with Crippen molar-refractivity contribution in [2.45, 2.75) is 51.4 Å². The normalized spacial score (nSPS) is 15.1. The highest BCUT2D eigenvalue weighted by atomic mass is 32.1. The first kappa shape index (κ1) is 26.5. The molecule has 0 radical (unpaired) electrons. The first-order valence-electron chi connectivity index (χ1n) is 13.4. The second-order valence-corrected chi connectivity index (χ2v) is 10.8. The first-order chi connectivity index (χ1) is 19.6. The Labute approximate surface area is 235 Å². The topological polar surface area (TPSA) is 102 Å². The molecule has 1 fully saturated rings. The van der Waals surface area contributed by atoms with Crippen molar-refractivity contribution in [2.75, 3.05) is 20.3 Å². The van der Waals surface area contributed by atoms with Crippen LogP contribution in [0.25, 0.3) is 20.9 Å². The highest BCUT2D eigenvalue weighted by Gasteiger charge is 2.27. The molecule has 0 bridgehead atoms. The van der Waals surface area contributed by atoms with Crippen LogP contribution in [-0.4, -0.2) is 41.0 Å². The van der Waals surface area contributed by atoms with E-state index in [1.54, 1.807) is 36.6 Å². The van der Waals surface area contributed by atoms with Gasteiger partial charge in [-0.3, -0.25) is 4.79 Å². The van der Waals surface area contributed by atoms with Crippen LogP contribution in [-0.2, 0) is 28.9 Å². The van der Waals surface area contributed by atoms with Gasteiger partial charge in [-0.05, 0) is 37.0 Å². The number of hydrogen-bond acceptors (Lipinski definition) is 9. The zero-order valence-corrected chi connectivity index (χ0v) is 23.3. The van der Waals surface area contributed by atoms with Crippen molar-refractivity contribution < 1.29 is 23.0 Å². The number of thiophene rings is 1. The fourth-order valence-corrected chi connectivity index (χ4v) is 6.55. The summed E-state index contributed by atoms with van der Waals surface area (Å²) in [5, 5.41) is 0.674. The molecule has 40 heavy (non-hydrogen) atoms. The summed E-state index contributed by atoms with van der Waals surface area (Å²) in [6.07, 6.45) is 10.8. The molecule has 9 nitrogen and oxygen atoms in total. The monoisotopic (exact) mass is 561 g/mol. The van der Waals surface area contributed by atoms with E-state index in [2.05, 4.69) is 16.0 Å². The molecule has 6 rings (SSSR count). The van der Waals surface area contributed by atoms with Crippen LogP contribution < -0.4 is 10.3 Å². The molecule has 1 aliphatic rings. The number of pyridine rings is 1. The van der Waals surface area contributed by atoms with Gasteiger partial charge in [0.05, 0.1) is 42.0 Å². The van der Waals surface area contributed by atoms with Gasteiger partial charge in [0.25, 0.3) is 5.56 Å². The lowest BCUT2D eigenvalue weighted by atomic mass is 9.99. The lowest BCUT2D eigenvalue weighted by molar-refractivity contribution is -0.0699. The molecule has 1 aliphatic heterocycles. The number of aromatic nitrogens is 3. The number of fused-ring (bicyclic) bond motifs is 1. The average molecular weight is 562 g/mol. The Balaban J connectivity index is 1.46. The summed E-state index contributed by atoms with van der Waals surface area (Å²) >= 11 is 1.53. The number of benzene rings is 1. The Hall–Kier alpha value is -3.73. The summed E-state index contributed by atoms with van der Waals surface area (Å²) in [7, 11) is 1.68. The number of nitrogens with zero attached hydrogens (tertiary/aromatic N) is 3. The van der Waals surface area contributed by atoms with Crippen molar-refractivity contribution >= 4 is 21.4 Å². The second-order valence-electron chi connectivity index (χ2n) is 9.81. The van der Waals surface area contributed by atoms with Gasteiger partial charge < -0.3 is 27.6 Å². The lowest BCUT2D eigenvalue weighted by Crippen LogP contribution is -2.27. The van der Waals surface area contributed by atoms with Crippen LogP contribution in [0.4, 0.5) is 0 Å². The minimum absolute atomic E-state index is 0.0592. The second kappa shape index (κ2) is 11.8. The van der Waals surface area contributed by atoms with E-state index in [0.717, 1.165) is 44.9 Å². The molecule has 0 aliphatic carbocycles. The largest absolute Gasteiger partial charge is 0.496 e. The molecule has 0 saturated carbocycles. The third-order valence-corrected chi connectivity index (χ3v) is 8.67. The summed E-state index contributed by atoms with van der Waals surface area (Å²) < 4.78 is 31.8. The van der Waals surface area contributed by atoms with Gasteiger partial charge in [-0.15, -0.1) is 11.3 Å². The van der Waals surface area contributed by atoms with E-state index in [1.165, 1.54) is 11.3 Å². The van der Waals surface area contributed by atoms with Crippen LogP contribution in [0.5, 0.6) is 5.75 Å². The Bertz CT molecular complexity index is 1620. The molecule has 1 atom stereocenters. The highest BCUT2D eigenvalue weighted by molar-refractivity contribution is 7.22. The van der Waals surface area contributed by atoms with Gasteiger partial charge in [-0.2, -0.15) is 0 Å². The van der Waals surface area contributed by atoms with E-state index >= 15 is 0 Å². The van der Waals surface area contributed by atoms with Gasteiger partial charge in [0.15, 0.2) is 5.89 Å². The molecule has 1 aromatic carbocycles. The van der Waals surface area contributed by atoms with Crippen LogP contribution in [0.3, 0.4) is 0 Å². The van der Waals surface area contributed by atoms with Gasteiger partial charge in [-0.1, -0.05) is 18.2 Å². The number of ether oxygens (including phenoxy) is 3. The molecule has 5 aromatic rings. The molecule has 1 saturated heterocycles. The minimum atomic E-state index is -0.285. The quantitative estimate of drug-likeness (QED) is 0.213. The molecule has 4 aromatic heterocycles. The van der Waals surface area contributed by atoms with Crippen molar-refractivity contribution in [1.29, 1.82) is 0 Å². The average Bonchev–Trinajstić information content (AvgIpc) is 3.76. The first-order valence-corrected chi connectivity index (χ1v) is 14.2. The SMILES string of the molecule is COc1ccccc1[C@H](Cc1cn(CCc2ncco2)c(=O)c2c(C)c(-c3ncco3)sc12)OC1CCOCC1. The summed E-state index contributed by atoms with van der Waals surface area (Å²) in [5.74, 6) is 1.87. The maximum atomic E-state index is 13.8. The van der Waals surface area contributed by atoms with E-state index in [1.807, 2.05) is 31.3 Å². The summed E-state index contributed by atoms with van der Waals surface area (Å²) in [5.41, 5.74) is 2.79. The van der Waals surface area contributed by atoms with Crippen molar-refractivity contribution in [3.8, 4) is 16.5 Å². The van der Waals surface area contributed by atoms with Crippen LogP contribution in [0.15, 0.2) is 69.0 Å². The summed E-state index contributed by atoms with van der Waals surface area (Å²) in [4.78, 5) is 23.3. The Kier molecular flexibility index (Phi) is 7.81. The molecule has 0 amide bonds. The van der Waals surface area contributed by atoms with E-state index in [4.69, 9.17) is 23.0 Å². The van der Waals surface area contributed by atoms with E-state index in [-0.39, 0.29) is 17.8 Å². The van der Waals surface area contributed by atoms with E-state index < -0.39 is 0 Å². The van der Waals surface area contributed by atoms with Crippen LogP contribution >= 0.6 is 11.3 Å². The number of para-hydroxylation sites is 1. The zero-order chi connectivity index (χ0) is 27.5. The number of rotatable bonds is 10. The Morgan fingerprint density at radius 2 is 1.93 bits per heavy atom. The van der Waals surface area contributed by atoms with Gasteiger partial charge in [0.1, 0.15) is 18.3 Å². The fraction of sp³-hybridized carbons (Fsp3) is 0.367. The van der Waals surface area contributed by atoms with Gasteiger partial charge in [-0.25, -0.2) is 9.97 Å². The van der Waals surface area contributed by atoms with Crippen molar-refractivity contribution in [3.63, 3.8) is 0 Å². The van der Waals surface area contributed by atoms with Crippen molar-refractivity contribution in [2.24, 2.45) is 0 Å². The standard InChI is InChI=1S/C30H31N3O6S/c1-19-26-28(40-27(19)29-32-11-16-38-29)20(18-33(30(26)34)12-7-25-31-10-15-37-25)17-24(39-21-8-13-36-14-9-21)22-5-3-4-6-23(22)35-2/h3-6,10-11,15-16,18,21,24H,7-9,12-14,17H2,1-2H3/t24-/m0/s1. The molecular formula is C30H31N3O6S. The van der Waals surface area contributed by atoms with Crippen LogP contribution in [0.1, 0.15) is 41.5 Å². The minimum Gasteiger partial charge on any atom is -0.496 e. The molecule has 0 N–H and O–H groups in total. The van der Waals surface area contributed by atoms with Gasteiger partial charge >= 0.3 is 0 Å². The highest BCUT2D eigenvalue weighted by Crippen LogP contribution is 2.40. The number of oxazole rings is 2. The molecule has 0 spiro atoms. The molecule has 0 unspecified atom stereocenters. The van der Waals surface area contributed by atoms with E-state index in [0.29, 0.717) is 49.8 Å². The van der Waals surface area contributed by atoms with Crippen molar-refractivity contribution in [1.82, 2.24) is 14.5 Å². The predicted molar refractivity (Wildman–Crippen MR) is 151 cm³/mol. The van der Waals surface area contributed by atoms with Crippen molar-refractivity contribution in [3.05, 3.63) is 88.3 Å². The van der Waals surface area contributed by atoms with Crippen LogP contribution in [0, 0.1) is 6.92 Å². The van der Waals surface area contributed by atoms with Crippen LogP contribution in [0.2, 0.25) is 0 Å². The zero-order valence-electron chi connectivity index (χ0n) is 22.5. The molecule has 5 heterocycles. The smallest absolute Gasteiger partial charge is 0.259 e. The molecule has 10 heteroatoms. The van der Waals surface area contributed by atoms with Gasteiger partial charge in [0.2, 0.25) is 5.89 Å². The maximum Gasteiger partial charge on any atom is 0.259 e. The Morgan fingerprint density at radius 3 is 2.67 bits per heavy atom. The summed E-state index contributed by atoms with van der Waals surface area (Å²) in [6, 6.07) is 7.97. The third kappa shape index (κ3) is 5.34. The fourth-order valence-electron chi connectivity index (χ4n) is 5.30. The number of methoxy groups -OCH3 is 1. The molecule has 208 valence electrons. The predicted octanol–water partition coefficient (Wildman–Crippen LogP) is 5.75. The number of aryl methyl sites for hydroxylation is 3. The molecular weight excluding hydrogens is 530 g/mol. The lowest BCUT2D eigenvalue weighted by Gasteiger charge is -2.29.